The molecule has 3 heterocycles. The number of carbonyl (C=O) groups is 1. The van der Waals surface area contributed by atoms with E-state index in [1.807, 2.05) is 12.1 Å². The molecule has 0 bridgehead atoms. The minimum Gasteiger partial charge on any atom is -0.493 e. The normalized spacial score (nSPS) is 26.1. The first-order valence-electron chi connectivity index (χ1n) is 11.5. The van der Waals surface area contributed by atoms with E-state index in [1.165, 1.54) is 70.1 Å². The van der Waals surface area contributed by atoms with E-state index in [0.29, 0.717) is 0 Å². The zero-order valence-electron chi connectivity index (χ0n) is 17.1. The molecule has 1 unspecified atom stereocenters. The van der Waals surface area contributed by atoms with E-state index in [0.717, 1.165) is 55.2 Å². The Kier molecular flexibility index (Phi) is 5.32. The molecule has 152 valence electrons. The van der Waals surface area contributed by atoms with Crippen LogP contribution in [0.4, 0.5) is 0 Å². The van der Waals surface area contributed by atoms with Crippen molar-refractivity contribution >= 4 is 5.91 Å². The van der Waals surface area contributed by atoms with Crippen molar-refractivity contribution in [2.75, 3.05) is 39.3 Å². The molecule has 28 heavy (non-hydrogen) atoms. The van der Waals surface area contributed by atoms with Crippen molar-refractivity contribution in [2.45, 2.75) is 51.4 Å². The van der Waals surface area contributed by atoms with Crippen molar-refractivity contribution < 1.29 is 9.53 Å². The monoisotopic (exact) mass is 382 g/mol. The third kappa shape index (κ3) is 4.07. The fraction of sp³-hybridized carbons (Fsp3) is 0.708. The van der Waals surface area contributed by atoms with Crippen LogP contribution >= 0.6 is 0 Å². The zero-order valence-corrected chi connectivity index (χ0v) is 17.1. The predicted octanol–water partition coefficient (Wildman–Crippen LogP) is 3.99. The Labute approximate surface area is 169 Å². The summed E-state index contributed by atoms with van der Waals surface area (Å²) in [6.07, 6.45) is 10.4. The highest BCUT2D eigenvalue weighted by Gasteiger charge is 2.32. The molecule has 0 spiro atoms. The number of fused-ring (bicyclic) bond motifs is 1. The number of hydrogen-bond acceptors (Lipinski definition) is 3. The van der Waals surface area contributed by atoms with E-state index in [4.69, 9.17) is 4.74 Å². The number of rotatable bonds is 5. The molecule has 4 heteroatoms. The van der Waals surface area contributed by atoms with E-state index in [1.54, 1.807) is 0 Å². The van der Waals surface area contributed by atoms with Gasteiger partial charge in [0.2, 0.25) is 0 Å². The first-order chi connectivity index (χ1) is 13.8. The van der Waals surface area contributed by atoms with Crippen LogP contribution in [0.2, 0.25) is 0 Å². The maximum absolute atomic E-state index is 13.0. The summed E-state index contributed by atoms with van der Waals surface area (Å²) >= 11 is 0. The third-order valence-corrected chi connectivity index (χ3v) is 7.52. The molecular formula is C24H34N2O2. The maximum Gasteiger partial charge on any atom is 0.253 e. The van der Waals surface area contributed by atoms with Crippen molar-refractivity contribution in [3.63, 3.8) is 0 Å². The quantitative estimate of drug-likeness (QED) is 0.772. The molecule has 5 rings (SSSR count). The summed E-state index contributed by atoms with van der Waals surface area (Å²) in [7, 11) is 0. The van der Waals surface area contributed by atoms with Crippen molar-refractivity contribution in [2.24, 2.45) is 17.8 Å². The molecular weight excluding hydrogens is 348 g/mol. The van der Waals surface area contributed by atoms with Crippen molar-refractivity contribution in [3.05, 3.63) is 29.3 Å². The molecule has 1 aliphatic carbocycles. The van der Waals surface area contributed by atoms with Gasteiger partial charge in [0, 0.05) is 31.6 Å². The molecule has 1 atom stereocenters. The number of benzene rings is 1. The van der Waals surface area contributed by atoms with Crippen molar-refractivity contribution in [3.8, 4) is 5.75 Å². The summed E-state index contributed by atoms with van der Waals surface area (Å²) in [5.74, 6) is 3.87. The molecule has 1 saturated carbocycles. The first-order valence-corrected chi connectivity index (χ1v) is 11.5. The number of likely N-dealkylation sites (tertiary alicyclic amines) is 2. The van der Waals surface area contributed by atoms with Crippen LogP contribution < -0.4 is 4.74 Å². The van der Waals surface area contributed by atoms with Crippen molar-refractivity contribution in [1.29, 1.82) is 0 Å². The Morgan fingerprint density at radius 1 is 1.04 bits per heavy atom. The van der Waals surface area contributed by atoms with Crippen LogP contribution in [0, 0.1) is 17.8 Å². The Hall–Kier alpha value is -1.55. The summed E-state index contributed by atoms with van der Waals surface area (Å²) in [6.45, 7) is 6.53. The fourth-order valence-corrected chi connectivity index (χ4v) is 5.53. The second kappa shape index (κ2) is 8.06. The molecule has 0 aromatic heterocycles. The smallest absolute Gasteiger partial charge is 0.253 e. The van der Waals surface area contributed by atoms with Gasteiger partial charge < -0.3 is 14.5 Å². The van der Waals surface area contributed by atoms with E-state index >= 15 is 0 Å². The maximum atomic E-state index is 13.0. The Morgan fingerprint density at radius 3 is 2.71 bits per heavy atom. The van der Waals surface area contributed by atoms with Gasteiger partial charge in [-0.1, -0.05) is 12.8 Å². The Bertz CT molecular complexity index is 707. The van der Waals surface area contributed by atoms with Crippen LogP contribution in [-0.2, 0) is 6.42 Å². The summed E-state index contributed by atoms with van der Waals surface area (Å²) < 4.78 is 5.57. The van der Waals surface area contributed by atoms with Gasteiger partial charge >= 0.3 is 0 Å². The average Bonchev–Trinajstić information content (AvgIpc) is 3.46. The second-order valence-electron chi connectivity index (χ2n) is 9.49. The summed E-state index contributed by atoms with van der Waals surface area (Å²) in [6, 6.07) is 5.97. The number of nitrogens with zero attached hydrogens (tertiary/aromatic N) is 2. The molecule has 1 aromatic carbocycles. The van der Waals surface area contributed by atoms with Crippen LogP contribution in [0.15, 0.2) is 18.2 Å². The number of ether oxygens (including phenoxy) is 1. The van der Waals surface area contributed by atoms with Crippen molar-refractivity contribution in [1.82, 2.24) is 9.80 Å². The fourth-order valence-electron chi connectivity index (χ4n) is 5.53. The van der Waals surface area contributed by atoms with Gasteiger partial charge in [0.25, 0.3) is 5.91 Å². The van der Waals surface area contributed by atoms with Gasteiger partial charge in [0.15, 0.2) is 0 Å². The molecule has 0 radical (unpaired) electrons. The summed E-state index contributed by atoms with van der Waals surface area (Å²) in [5.41, 5.74) is 2.03. The molecule has 3 aliphatic heterocycles. The van der Waals surface area contributed by atoms with Gasteiger partial charge in [-0.2, -0.15) is 0 Å². The number of hydrogen-bond donors (Lipinski definition) is 0. The second-order valence-corrected chi connectivity index (χ2v) is 9.49. The topological polar surface area (TPSA) is 32.8 Å². The minimum absolute atomic E-state index is 0.211. The van der Waals surface area contributed by atoms with Gasteiger partial charge in [-0.15, -0.1) is 0 Å². The largest absolute Gasteiger partial charge is 0.493 e. The molecule has 4 aliphatic rings. The molecule has 1 amide bonds. The standard InChI is InChI=1S/C24H34N2O2/c27-24(21-5-6-23-20(16-21)10-15-28-23)26-13-8-19(9-14-26)22-2-1-11-25(17-22)12-7-18-3-4-18/h5-6,16,18-19,22H,1-4,7-15,17H2. The first kappa shape index (κ1) is 18.5. The van der Waals surface area contributed by atoms with E-state index in [-0.39, 0.29) is 5.91 Å². The molecule has 2 saturated heterocycles. The Balaban J connectivity index is 1.13. The van der Waals surface area contributed by atoms with Gasteiger partial charge in [-0.05, 0) is 86.7 Å². The predicted molar refractivity (Wildman–Crippen MR) is 111 cm³/mol. The molecule has 0 N–H and O–H groups in total. The minimum atomic E-state index is 0.211. The highest BCUT2D eigenvalue weighted by molar-refractivity contribution is 5.94. The highest BCUT2D eigenvalue weighted by atomic mass is 16.5. The summed E-state index contributed by atoms with van der Waals surface area (Å²) in [4.78, 5) is 17.8. The van der Waals surface area contributed by atoms with E-state index < -0.39 is 0 Å². The molecule has 4 nitrogen and oxygen atoms in total. The van der Waals surface area contributed by atoms with E-state index in [2.05, 4.69) is 15.9 Å². The SMILES string of the molecule is O=C(c1ccc2c(c1)CCO2)N1CCC(C2CCCN(CCC3CC3)C2)CC1. The average molecular weight is 383 g/mol. The van der Waals surface area contributed by atoms with Gasteiger partial charge in [-0.3, -0.25) is 4.79 Å². The van der Waals surface area contributed by atoms with E-state index in [9.17, 15) is 4.79 Å². The van der Waals surface area contributed by atoms with Gasteiger partial charge in [-0.25, -0.2) is 0 Å². The lowest BCUT2D eigenvalue weighted by atomic mass is 9.79. The zero-order chi connectivity index (χ0) is 18.9. The number of piperidine rings is 2. The lowest BCUT2D eigenvalue weighted by Crippen LogP contribution is -2.44. The molecule has 3 fully saturated rings. The van der Waals surface area contributed by atoms with Gasteiger partial charge in [0.1, 0.15) is 5.75 Å². The van der Waals surface area contributed by atoms with Crippen LogP contribution in [0.1, 0.15) is 60.9 Å². The Morgan fingerprint density at radius 2 is 1.89 bits per heavy atom. The molecule has 1 aromatic rings. The third-order valence-electron chi connectivity index (χ3n) is 7.52. The number of carbonyl (C=O) groups excluding carboxylic acids is 1. The highest BCUT2D eigenvalue weighted by Crippen LogP contribution is 2.35. The van der Waals surface area contributed by atoms with Crippen LogP contribution in [0.3, 0.4) is 0 Å². The van der Waals surface area contributed by atoms with Crippen LogP contribution in [-0.4, -0.2) is 55.0 Å². The van der Waals surface area contributed by atoms with Crippen LogP contribution in [0.5, 0.6) is 5.75 Å². The number of amides is 1. The van der Waals surface area contributed by atoms with Gasteiger partial charge in [0.05, 0.1) is 6.61 Å². The summed E-state index contributed by atoms with van der Waals surface area (Å²) in [5, 5.41) is 0. The lowest BCUT2D eigenvalue weighted by Gasteiger charge is -2.41. The lowest BCUT2D eigenvalue weighted by molar-refractivity contribution is 0.0581. The van der Waals surface area contributed by atoms with Crippen LogP contribution in [0.25, 0.3) is 0 Å².